The van der Waals surface area contributed by atoms with E-state index >= 15 is 0 Å². The number of hydrogen-bond donors (Lipinski definition) is 1. The molecule has 2 heterocycles. The van der Waals surface area contributed by atoms with E-state index in [4.69, 9.17) is 23.2 Å². The van der Waals surface area contributed by atoms with Crippen LogP contribution in [-0.2, 0) is 13.1 Å². The van der Waals surface area contributed by atoms with Gasteiger partial charge in [0.1, 0.15) is 0 Å². The molecule has 4 aromatic rings. The van der Waals surface area contributed by atoms with Gasteiger partial charge in [0.2, 0.25) is 0 Å². The number of rotatable bonds is 3. The first-order valence-corrected chi connectivity index (χ1v) is 12.0. The summed E-state index contributed by atoms with van der Waals surface area (Å²) in [7, 11) is 0. The van der Waals surface area contributed by atoms with Gasteiger partial charge in [-0.2, -0.15) is 0 Å². The highest BCUT2D eigenvalue weighted by atomic mass is 35.5. The van der Waals surface area contributed by atoms with Crippen molar-refractivity contribution in [2.75, 3.05) is 10.2 Å². The number of carbonyl (C=O) groups excluding carboxylic acids is 2. The van der Waals surface area contributed by atoms with Gasteiger partial charge in [-0.3, -0.25) is 9.59 Å². The van der Waals surface area contributed by atoms with Crippen molar-refractivity contribution in [3.05, 3.63) is 116 Å². The largest absolute Gasteiger partial charge is 0.345 e. The molecule has 7 heteroatoms. The fourth-order valence-electron chi connectivity index (χ4n) is 4.56. The molecule has 5 nitrogen and oxygen atoms in total. The number of aromatic nitrogens is 1. The second kappa shape index (κ2) is 9.25. The molecule has 1 N–H and O–H groups in total. The van der Waals surface area contributed by atoms with Crippen LogP contribution in [0.3, 0.4) is 0 Å². The predicted molar refractivity (Wildman–Crippen MR) is 141 cm³/mol. The maximum atomic E-state index is 13.8. The molecule has 3 aromatic carbocycles. The second-order valence-electron chi connectivity index (χ2n) is 8.71. The van der Waals surface area contributed by atoms with Crippen molar-refractivity contribution in [2.24, 2.45) is 0 Å². The average molecular weight is 504 g/mol. The highest BCUT2D eigenvalue weighted by molar-refractivity contribution is 6.37. The molecular weight excluding hydrogens is 481 g/mol. The zero-order valence-corrected chi connectivity index (χ0v) is 20.8. The van der Waals surface area contributed by atoms with Crippen molar-refractivity contribution in [1.82, 2.24) is 4.57 Å². The first-order chi connectivity index (χ1) is 16.8. The SMILES string of the molecule is Cc1cc(C(=O)N2Cc3cccn3Cc3ccccc32)cc(C)c1NC(=O)c1ccc(Cl)cc1Cl. The minimum atomic E-state index is -0.334. The van der Waals surface area contributed by atoms with E-state index in [1.54, 1.807) is 12.1 Å². The Kier molecular flexibility index (Phi) is 6.13. The van der Waals surface area contributed by atoms with Gasteiger partial charge < -0.3 is 14.8 Å². The van der Waals surface area contributed by atoms with E-state index in [-0.39, 0.29) is 16.8 Å². The van der Waals surface area contributed by atoms with E-state index < -0.39 is 0 Å². The number of nitrogens with zero attached hydrogens (tertiary/aromatic N) is 2. The quantitative estimate of drug-likeness (QED) is 0.331. The van der Waals surface area contributed by atoms with Gasteiger partial charge in [0.15, 0.2) is 0 Å². The number of benzene rings is 3. The van der Waals surface area contributed by atoms with Crippen molar-refractivity contribution in [3.8, 4) is 0 Å². The summed E-state index contributed by atoms with van der Waals surface area (Å²) in [5.41, 5.74) is 6.21. The summed E-state index contributed by atoms with van der Waals surface area (Å²) >= 11 is 12.2. The first-order valence-electron chi connectivity index (χ1n) is 11.2. The molecule has 0 spiro atoms. The minimum absolute atomic E-state index is 0.0862. The fourth-order valence-corrected chi connectivity index (χ4v) is 5.06. The smallest absolute Gasteiger partial charge is 0.258 e. The number of halogens is 2. The molecule has 0 aliphatic carbocycles. The molecule has 0 bridgehead atoms. The molecule has 0 saturated heterocycles. The van der Waals surface area contributed by atoms with Gasteiger partial charge in [0.25, 0.3) is 11.8 Å². The van der Waals surface area contributed by atoms with Gasteiger partial charge in [-0.15, -0.1) is 0 Å². The Morgan fingerprint density at radius 1 is 0.886 bits per heavy atom. The van der Waals surface area contributed by atoms with Gasteiger partial charge >= 0.3 is 0 Å². The molecule has 1 aliphatic rings. The zero-order valence-electron chi connectivity index (χ0n) is 19.3. The van der Waals surface area contributed by atoms with Crippen molar-refractivity contribution < 1.29 is 9.59 Å². The molecule has 35 heavy (non-hydrogen) atoms. The van der Waals surface area contributed by atoms with E-state index in [1.165, 1.54) is 6.07 Å². The molecule has 1 aliphatic heterocycles. The van der Waals surface area contributed by atoms with Crippen molar-refractivity contribution in [2.45, 2.75) is 26.9 Å². The Labute approximate surface area is 213 Å². The van der Waals surface area contributed by atoms with Crippen LogP contribution < -0.4 is 10.2 Å². The van der Waals surface area contributed by atoms with Crippen LogP contribution >= 0.6 is 23.2 Å². The molecule has 0 unspecified atom stereocenters. The molecule has 1 aromatic heterocycles. The predicted octanol–water partition coefficient (Wildman–Crippen LogP) is 6.87. The van der Waals surface area contributed by atoms with Crippen LogP contribution in [0.2, 0.25) is 10.0 Å². The van der Waals surface area contributed by atoms with E-state index in [0.717, 1.165) is 34.6 Å². The van der Waals surface area contributed by atoms with Gasteiger partial charge in [0.05, 0.1) is 17.1 Å². The van der Waals surface area contributed by atoms with E-state index in [1.807, 2.05) is 67.4 Å². The van der Waals surface area contributed by atoms with Gasteiger partial charge in [0, 0.05) is 40.4 Å². The summed E-state index contributed by atoms with van der Waals surface area (Å²) in [6.45, 7) is 4.96. The summed E-state index contributed by atoms with van der Waals surface area (Å²) in [5.74, 6) is -0.420. The van der Waals surface area contributed by atoms with Gasteiger partial charge in [-0.25, -0.2) is 0 Å². The summed E-state index contributed by atoms with van der Waals surface area (Å²) < 4.78 is 2.17. The average Bonchev–Trinajstić information content (AvgIpc) is 3.19. The number of carbonyl (C=O) groups is 2. The highest BCUT2D eigenvalue weighted by Crippen LogP contribution is 2.31. The van der Waals surface area contributed by atoms with Crippen molar-refractivity contribution in [1.29, 1.82) is 0 Å². The minimum Gasteiger partial charge on any atom is -0.345 e. The number of fused-ring (bicyclic) bond motifs is 2. The number of hydrogen-bond acceptors (Lipinski definition) is 2. The topological polar surface area (TPSA) is 54.3 Å². The molecule has 0 saturated carbocycles. The van der Waals surface area contributed by atoms with Crippen LogP contribution in [0.5, 0.6) is 0 Å². The van der Waals surface area contributed by atoms with Crippen LogP contribution in [0, 0.1) is 13.8 Å². The van der Waals surface area contributed by atoms with Crippen LogP contribution in [0.15, 0.2) is 72.9 Å². The van der Waals surface area contributed by atoms with Crippen molar-refractivity contribution in [3.63, 3.8) is 0 Å². The third-order valence-corrected chi connectivity index (χ3v) is 6.85. The number of nitrogens with one attached hydrogen (secondary N) is 1. The molecule has 2 amide bonds. The fraction of sp³-hybridized carbons (Fsp3) is 0.143. The first kappa shape index (κ1) is 23.2. The standard InChI is InChI=1S/C28H23Cl2N3O2/c1-17-12-20(13-18(2)26(17)31-27(34)23-10-9-21(29)14-24(23)30)28(35)33-16-22-7-5-11-32(22)15-19-6-3-4-8-25(19)33/h3-14H,15-16H2,1-2H3,(H,31,34). The summed E-state index contributed by atoms with van der Waals surface area (Å²) in [4.78, 5) is 28.5. The molecule has 0 fully saturated rings. The summed E-state index contributed by atoms with van der Waals surface area (Å²) in [6, 6.07) is 20.4. The lowest BCUT2D eigenvalue weighted by Gasteiger charge is -2.24. The molecule has 0 atom stereocenters. The maximum Gasteiger partial charge on any atom is 0.258 e. The monoisotopic (exact) mass is 503 g/mol. The van der Waals surface area contributed by atoms with Gasteiger partial charge in [-0.1, -0.05) is 41.4 Å². The third kappa shape index (κ3) is 4.45. The van der Waals surface area contributed by atoms with E-state index in [9.17, 15) is 9.59 Å². The molecule has 5 rings (SSSR count). The number of amides is 2. The molecule has 0 radical (unpaired) electrons. The Bertz CT molecular complexity index is 1450. The lowest BCUT2D eigenvalue weighted by molar-refractivity contribution is 0.0983. The normalized spacial score (nSPS) is 12.5. The Hall–Kier alpha value is -3.54. The number of anilines is 2. The summed E-state index contributed by atoms with van der Waals surface area (Å²) in [5, 5.41) is 3.68. The van der Waals surface area contributed by atoms with E-state index in [2.05, 4.69) is 16.0 Å². The molecular formula is C28H23Cl2N3O2. The number of para-hydroxylation sites is 1. The zero-order chi connectivity index (χ0) is 24.7. The summed E-state index contributed by atoms with van der Waals surface area (Å²) in [6.07, 6.45) is 2.04. The lowest BCUT2D eigenvalue weighted by Crippen LogP contribution is -2.30. The Morgan fingerprint density at radius 3 is 2.37 bits per heavy atom. The van der Waals surface area contributed by atoms with Crippen LogP contribution in [0.4, 0.5) is 11.4 Å². The van der Waals surface area contributed by atoms with E-state index in [0.29, 0.717) is 28.4 Å². The van der Waals surface area contributed by atoms with Crippen LogP contribution in [-0.4, -0.2) is 16.4 Å². The van der Waals surface area contributed by atoms with Gasteiger partial charge in [-0.05, 0) is 79.1 Å². The second-order valence-corrected chi connectivity index (χ2v) is 9.55. The Morgan fingerprint density at radius 2 is 1.63 bits per heavy atom. The van der Waals surface area contributed by atoms with Crippen LogP contribution in [0.25, 0.3) is 0 Å². The maximum absolute atomic E-state index is 13.8. The number of aryl methyl sites for hydroxylation is 2. The Balaban J connectivity index is 1.46. The molecule has 176 valence electrons. The van der Waals surface area contributed by atoms with Crippen LogP contribution in [0.1, 0.15) is 43.1 Å². The third-order valence-electron chi connectivity index (χ3n) is 6.31. The van der Waals surface area contributed by atoms with Crippen molar-refractivity contribution >= 4 is 46.4 Å². The highest BCUT2D eigenvalue weighted by Gasteiger charge is 2.25. The lowest BCUT2D eigenvalue weighted by atomic mass is 10.0.